The molecule has 1 fully saturated rings. The summed E-state index contributed by atoms with van der Waals surface area (Å²) < 4.78 is 0. The van der Waals surface area contributed by atoms with Crippen molar-refractivity contribution >= 4 is 23.4 Å². The van der Waals surface area contributed by atoms with Gasteiger partial charge in [-0.3, -0.25) is 19.4 Å². The maximum Gasteiger partial charge on any atom is 0.234 e. The Morgan fingerprint density at radius 1 is 1.00 bits per heavy atom. The van der Waals surface area contributed by atoms with Gasteiger partial charge >= 0.3 is 0 Å². The van der Waals surface area contributed by atoms with Crippen molar-refractivity contribution in [3.63, 3.8) is 0 Å². The van der Waals surface area contributed by atoms with Gasteiger partial charge < -0.3 is 10.6 Å². The minimum Gasteiger partial charge on any atom is -0.351 e. The average molecular weight is 395 g/mol. The second kappa shape index (κ2) is 10.1. The van der Waals surface area contributed by atoms with Crippen LogP contribution in [0.1, 0.15) is 32.8 Å². The van der Waals surface area contributed by atoms with Crippen LogP contribution in [0.15, 0.2) is 24.3 Å². The second-order valence-corrected chi connectivity index (χ2v) is 8.48. The van der Waals surface area contributed by atoms with E-state index in [1.54, 1.807) is 0 Å². The van der Waals surface area contributed by atoms with Crippen molar-refractivity contribution in [3.8, 4) is 0 Å². The van der Waals surface area contributed by atoms with Gasteiger partial charge in [0.05, 0.1) is 13.1 Å². The standard InChI is InChI=1S/C20H31ClN4O2/c1-20(2,3)23-19(27)15-25-10-6-9-24(11-12-25)14-18(26)22-13-16-7-4-5-8-17(16)21/h4-5,7-8H,6,9-15H2,1-3H3,(H,22,26)(H,23,27). The van der Waals surface area contributed by atoms with Gasteiger partial charge in [0, 0.05) is 30.2 Å². The van der Waals surface area contributed by atoms with E-state index in [4.69, 9.17) is 11.6 Å². The van der Waals surface area contributed by atoms with E-state index in [9.17, 15) is 9.59 Å². The molecule has 6 nitrogen and oxygen atoms in total. The number of nitrogens with zero attached hydrogens (tertiary/aromatic N) is 2. The molecule has 0 saturated carbocycles. The Labute approximate surface area is 167 Å². The topological polar surface area (TPSA) is 64.7 Å². The Morgan fingerprint density at radius 3 is 2.19 bits per heavy atom. The van der Waals surface area contributed by atoms with Crippen LogP contribution in [0, 0.1) is 0 Å². The molecule has 2 N–H and O–H groups in total. The van der Waals surface area contributed by atoms with Crippen molar-refractivity contribution in [2.75, 3.05) is 39.3 Å². The molecule has 1 aromatic rings. The van der Waals surface area contributed by atoms with E-state index in [1.165, 1.54) is 0 Å². The Hall–Kier alpha value is -1.63. The van der Waals surface area contributed by atoms with Crippen molar-refractivity contribution in [1.82, 2.24) is 20.4 Å². The van der Waals surface area contributed by atoms with E-state index in [0.717, 1.165) is 38.2 Å². The maximum absolute atomic E-state index is 12.3. The Kier molecular flexibility index (Phi) is 8.07. The fraction of sp³-hybridized carbons (Fsp3) is 0.600. The molecule has 150 valence electrons. The summed E-state index contributed by atoms with van der Waals surface area (Å²) in [4.78, 5) is 28.7. The number of benzene rings is 1. The van der Waals surface area contributed by atoms with Crippen molar-refractivity contribution in [2.45, 2.75) is 39.3 Å². The number of halogens is 1. The normalized spacial score (nSPS) is 16.6. The van der Waals surface area contributed by atoms with Gasteiger partial charge in [-0.2, -0.15) is 0 Å². The molecule has 27 heavy (non-hydrogen) atoms. The molecule has 7 heteroatoms. The molecule has 0 atom stereocenters. The quantitative estimate of drug-likeness (QED) is 0.773. The zero-order chi connectivity index (χ0) is 19.9. The highest BCUT2D eigenvalue weighted by Crippen LogP contribution is 2.14. The van der Waals surface area contributed by atoms with Gasteiger partial charge in [-0.05, 0) is 51.9 Å². The summed E-state index contributed by atoms with van der Waals surface area (Å²) in [6, 6.07) is 7.52. The smallest absolute Gasteiger partial charge is 0.234 e. The van der Waals surface area contributed by atoms with Crippen LogP contribution in [-0.2, 0) is 16.1 Å². The molecule has 1 saturated heterocycles. The molecule has 1 heterocycles. The molecular formula is C20H31ClN4O2. The molecule has 0 aliphatic carbocycles. The van der Waals surface area contributed by atoms with Crippen molar-refractivity contribution < 1.29 is 9.59 Å². The summed E-state index contributed by atoms with van der Waals surface area (Å²) in [6.07, 6.45) is 0.945. The summed E-state index contributed by atoms with van der Waals surface area (Å²) >= 11 is 6.12. The Morgan fingerprint density at radius 2 is 1.59 bits per heavy atom. The molecule has 0 unspecified atom stereocenters. The van der Waals surface area contributed by atoms with E-state index in [1.807, 2.05) is 45.0 Å². The first-order chi connectivity index (χ1) is 12.7. The first-order valence-electron chi connectivity index (χ1n) is 9.49. The maximum atomic E-state index is 12.3. The lowest BCUT2D eigenvalue weighted by Crippen LogP contribution is -2.46. The highest BCUT2D eigenvalue weighted by molar-refractivity contribution is 6.31. The number of nitrogens with one attached hydrogen (secondary N) is 2. The molecule has 2 rings (SSSR count). The molecule has 0 aromatic heterocycles. The lowest BCUT2D eigenvalue weighted by Gasteiger charge is -2.25. The number of rotatable bonds is 6. The molecule has 1 aliphatic heterocycles. The van der Waals surface area contributed by atoms with Crippen molar-refractivity contribution in [2.24, 2.45) is 0 Å². The van der Waals surface area contributed by atoms with Crippen LogP contribution in [0.25, 0.3) is 0 Å². The first kappa shape index (κ1) is 21.7. The van der Waals surface area contributed by atoms with Crippen LogP contribution < -0.4 is 10.6 Å². The Balaban J connectivity index is 1.73. The summed E-state index contributed by atoms with van der Waals surface area (Å²) in [6.45, 7) is 10.5. The van der Waals surface area contributed by atoms with Gasteiger partial charge in [-0.15, -0.1) is 0 Å². The summed E-state index contributed by atoms with van der Waals surface area (Å²) in [7, 11) is 0. The van der Waals surface area contributed by atoms with E-state index in [0.29, 0.717) is 24.7 Å². The van der Waals surface area contributed by atoms with Crippen LogP contribution in [0.5, 0.6) is 0 Å². The van der Waals surface area contributed by atoms with Crippen molar-refractivity contribution in [3.05, 3.63) is 34.9 Å². The number of amides is 2. The van der Waals surface area contributed by atoms with Crippen LogP contribution in [-0.4, -0.2) is 66.4 Å². The number of carbonyl (C=O) groups excluding carboxylic acids is 2. The molecule has 2 amide bonds. The third-order valence-electron chi connectivity index (χ3n) is 4.36. The van der Waals surface area contributed by atoms with Crippen molar-refractivity contribution in [1.29, 1.82) is 0 Å². The van der Waals surface area contributed by atoms with Gasteiger partial charge in [0.25, 0.3) is 0 Å². The minimum absolute atomic E-state index is 0.00570. The lowest BCUT2D eigenvalue weighted by molar-refractivity contribution is -0.124. The van der Waals surface area contributed by atoms with Crippen LogP contribution >= 0.6 is 11.6 Å². The van der Waals surface area contributed by atoms with E-state index >= 15 is 0 Å². The number of hydrogen-bond acceptors (Lipinski definition) is 4. The molecule has 0 bridgehead atoms. The van der Waals surface area contributed by atoms with Gasteiger partial charge in [0.1, 0.15) is 0 Å². The van der Waals surface area contributed by atoms with Gasteiger partial charge in [0.2, 0.25) is 11.8 Å². The zero-order valence-electron chi connectivity index (χ0n) is 16.6. The first-order valence-corrected chi connectivity index (χ1v) is 9.86. The fourth-order valence-electron chi connectivity index (χ4n) is 3.10. The third-order valence-corrected chi connectivity index (χ3v) is 4.73. The highest BCUT2D eigenvalue weighted by atomic mass is 35.5. The average Bonchev–Trinajstić information content (AvgIpc) is 2.77. The van der Waals surface area contributed by atoms with Crippen LogP contribution in [0.2, 0.25) is 5.02 Å². The molecule has 0 spiro atoms. The zero-order valence-corrected chi connectivity index (χ0v) is 17.3. The monoisotopic (exact) mass is 394 g/mol. The van der Waals surface area contributed by atoms with Gasteiger partial charge in [0.15, 0.2) is 0 Å². The van der Waals surface area contributed by atoms with Crippen LogP contribution in [0.3, 0.4) is 0 Å². The molecule has 0 radical (unpaired) electrons. The molecule has 1 aliphatic rings. The SMILES string of the molecule is CC(C)(C)NC(=O)CN1CCCN(CC(=O)NCc2ccccc2Cl)CC1. The van der Waals surface area contributed by atoms with E-state index in [2.05, 4.69) is 20.4 Å². The number of carbonyl (C=O) groups is 2. The summed E-state index contributed by atoms with van der Waals surface area (Å²) in [5.41, 5.74) is 0.703. The summed E-state index contributed by atoms with van der Waals surface area (Å²) in [5.74, 6) is 0.0438. The predicted molar refractivity (Wildman–Crippen MR) is 109 cm³/mol. The van der Waals surface area contributed by atoms with E-state index < -0.39 is 0 Å². The molecular weight excluding hydrogens is 364 g/mol. The predicted octanol–water partition coefficient (Wildman–Crippen LogP) is 1.88. The minimum atomic E-state index is -0.214. The highest BCUT2D eigenvalue weighted by Gasteiger charge is 2.20. The summed E-state index contributed by atoms with van der Waals surface area (Å²) in [5, 5.41) is 6.60. The van der Waals surface area contributed by atoms with Gasteiger partial charge in [-0.25, -0.2) is 0 Å². The molecule has 1 aromatic carbocycles. The largest absolute Gasteiger partial charge is 0.351 e. The number of hydrogen-bond donors (Lipinski definition) is 2. The fourth-order valence-corrected chi connectivity index (χ4v) is 3.30. The third kappa shape index (κ3) is 8.28. The Bertz CT molecular complexity index is 645. The van der Waals surface area contributed by atoms with Gasteiger partial charge in [-0.1, -0.05) is 29.8 Å². The second-order valence-electron chi connectivity index (χ2n) is 8.07. The van der Waals surface area contributed by atoms with Crippen LogP contribution in [0.4, 0.5) is 0 Å². The van der Waals surface area contributed by atoms with E-state index in [-0.39, 0.29) is 17.4 Å². The lowest BCUT2D eigenvalue weighted by atomic mass is 10.1.